The van der Waals surface area contributed by atoms with Crippen molar-refractivity contribution in [3.8, 4) is 5.75 Å². The van der Waals surface area contributed by atoms with Gasteiger partial charge in [-0.2, -0.15) is 0 Å². The van der Waals surface area contributed by atoms with Gasteiger partial charge in [0.15, 0.2) is 0 Å². The highest BCUT2D eigenvalue weighted by atomic mass is 16.7. The molecule has 0 spiro atoms. The van der Waals surface area contributed by atoms with Crippen molar-refractivity contribution in [2.45, 2.75) is 45.8 Å². The molecule has 116 valence electrons. The van der Waals surface area contributed by atoms with Crippen LogP contribution < -0.4 is 10.2 Å². The number of benzene rings is 1. The highest BCUT2D eigenvalue weighted by Gasteiger charge is 2.52. The average molecular weight is 292 g/mol. The van der Waals surface area contributed by atoms with E-state index >= 15 is 0 Å². The molecule has 0 unspecified atom stereocenters. The van der Waals surface area contributed by atoms with Crippen LogP contribution in [0, 0.1) is 6.92 Å². The summed E-state index contributed by atoms with van der Waals surface area (Å²) in [5, 5.41) is 0. The number of ether oxygens (including phenoxy) is 2. The van der Waals surface area contributed by atoms with Crippen molar-refractivity contribution in [3.05, 3.63) is 23.8 Å². The van der Waals surface area contributed by atoms with Crippen molar-refractivity contribution in [1.82, 2.24) is 0 Å². The van der Waals surface area contributed by atoms with Crippen LogP contribution >= 0.6 is 0 Å². The van der Waals surface area contributed by atoms with Gasteiger partial charge in [0.25, 0.3) is 0 Å². The first kappa shape index (κ1) is 16.3. The molecule has 0 aromatic heterocycles. The fourth-order valence-electron chi connectivity index (χ4n) is 2.25. The van der Waals surface area contributed by atoms with Crippen molar-refractivity contribution in [2.75, 3.05) is 20.3 Å². The zero-order chi connectivity index (χ0) is 15.7. The molecular formula is C16H25BO4. The summed E-state index contributed by atoms with van der Waals surface area (Å²) in [6.07, 6.45) is 0. The van der Waals surface area contributed by atoms with Crippen LogP contribution in [0.1, 0.15) is 33.3 Å². The fraction of sp³-hybridized carbons (Fsp3) is 0.625. The molecule has 0 radical (unpaired) electrons. The van der Waals surface area contributed by atoms with Crippen LogP contribution in [0.15, 0.2) is 18.2 Å². The normalized spacial score (nSPS) is 19.8. The van der Waals surface area contributed by atoms with E-state index < -0.39 is 0 Å². The Kier molecular flexibility index (Phi) is 4.66. The van der Waals surface area contributed by atoms with E-state index in [0.717, 1.165) is 16.8 Å². The maximum absolute atomic E-state index is 6.11. The lowest BCUT2D eigenvalue weighted by molar-refractivity contribution is 0.00578. The van der Waals surface area contributed by atoms with Crippen LogP contribution in [-0.2, 0) is 14.0 Å². The highest BCUT2D eigenvalue weighted by molar-refractivity contribution is 6.62. The van der Waals surface area contributed by atoms with Gasteiger partial charge in [0.1, 0.15) is 12.4 Å². The lowest BCUT2D eigenvalue weighted by atomic mass is 9.76. The summed E-state index contributed by atoms with van der Waals surface area (Å²) in [4.78, 5) is 0. The number of rotatable bonds is 5. The van der Waals surface area contributed by atoms with Crippen molar-refractivity contribution in [3.63, 3.8) is 0 Å². The monoisotopic (exact) mass is 292 g/mol. The van der Waals surface area contributed by atoms with E-state index in [-0.39, 0.29) is 18.3 Å². The Morgan fingerprint density at radius 2 is 1.67 bits per heavy atom. The zero-order valence-electron chi connectivity index (χ0n) is 13.9. The van der Waals surface area contributed by atoms with Gasteiger partial charge in [-0.25, -0.2) is 0 Å². The smallest absolute Gasteiger partial charge is 0.491 e. The first-order valence-corrected chi connectivity index (χ1v) is 7.35. The van der Waals surface area contributed by atoms with Gasteiger partial charge in [0.2, 0.25) is 0 Å². The summed E-state index contributed by atoms with van der Waals surface area (Å²) in [5.41, 5.74) is 1.39. The Morgan fingerprint density at radius 3 is 2.24 bits per heavy atom. The Labute approximate surface area is 127 Å². The first-order valence-electron chi connectivity index (χ1n) is 7.35. The van der Waals surface area contributed by atoms with Gasteiger partial charge < -0.3 is 18.8 Å². The van der Waals surface area contributed by atoms with Crippen LogP contribution in [0.3, 0.4) is 0 Å². The van der Waals surface area contributed by atoms with Gasteiger partial charge in [-0.15, -0.1) is 0 Å². The molecule has 0 bridgehead atoms. The van der Waals surface area contributed by atoms with Gasteiger partial charge in [-0.3, -0.25) is 0 Å². The summed E-state index contributed by atoms with van der Waals surface area (Å²) < 4.78 is 23.0. The van der Waals surface area contributed by atoms with Crippen molar-refractivity contribution >= 4 is 12.6 Å². The summed E-state index contributed by atoms with van der Waals surface area (Å²) in [6, 6.07) is 5.95. The lowest BCUT2D eigenvalue weighted by Crippen LogP contribution is -2.41. The standard InChI is InChI=1S/C16H25BO4/c1-12-13(8-7-9-14(12)19-11-10-18-6)17-20-15(2,3)16(4,5)21-17/h7-9H,10-11H2,1-6H3. The molecule has 1 fully saturated rings. The lowest BCUT2D eigenvalue weighted by Gasteiger charge is -2.32. The Hall–Kier alpha value is -1.04. The predicted molar refractivity (Wildman–Crippen MR) is 84.3 cm³/mol. The van der Waals surface area contributed by atoms with Crippen LogP contribution in [0.25, 0.3) is 0 Å². The van der Waals surface area contributed by atoms with E-state index in [9.17, 15) is 0 Å². The molecule has 0 atom stereocenters. The van der Waals surface area contributed by atoms with Crippen LogP contribution in [0.4, 0.5) is 0 Å². The molecule has 0 saturated carbocycles. The van der Waals surface area contributed by atoms with E-state index in [1.165, 1.54) is 0 Å². The number of hydrogen-bond donors (Lipinski definition) is 0. The quantitative estimate of drug-likeness (QED) is 0.616. The number of methoxy groups -OCH3 is 1. The van der Waals surface area contributed by atoms with Gasteiger partial charge >= 0.3 is 7.12 Å². The third-order valence-corrected chi connectivity index (χ3v) is 4.38. The molecule has 0 N–H and O–H groups in total. The Bertz CT molecular complexity index is 483. The van der Waals surface area contributed by atoms with Gasteiger partial charge in [0.05, 0.1) is 17.8 Å². The van der Waals surface area contributed by atoms with Crippen LogP contribution in [0.5, 0.6) is 5.75 Å². The van der Waals surface area contributed by atoms with E-state index in [4.69, 9.17) is 18.8 Å². The predicted octanol–water partition coefficient (Wildman–Crippen LogP) is 2.32. The topological polar surface area (TPSA) is 36.9 Å². The second-order valence-electron chi connectivity index (χ2n) is 6.40. The molecule has 0 aliphatic carbocycles. The van der Waals surface area contributed by atoms with Crippen molar-refractivity contribution in [2.24, 2.45) is 0 Å². The molecule has 4 nitrogen and oxygen atoms in total. The largest absolute Gasteiger partial charge is 0.495 e. The summed E-state index contributed by atoms with van der Waals surface area (Å²) in [7, 11) is 1.30. The Morgan fingerprint density at radius 1 is 1.05 bits per heavy atom. The summed E-state index contributed by atoms with van der Waals surface area (Å²) in [6.45, 7) is 11.4. The molecule has 0 amide bonds. The fourth-order valence-corrected chi connectivity index (χ4v) is 2.25. The molecule has 1 aromatic rings. The maximum Gasteiger partial charge on any atom is 0.495 e. The van der Waals surface area contributed by atoms with Gasteiger partial charge in [0, 0.05) is 7.11 Å². The second-order valence-corrected chi connectivity index (χ2v) is 6.40. The van der Waals surface area contributed by atoms with Crippen molar-refractivity contribution < 1.29 is 18.8 Å². The van der Waals surface area contributed by atoms with Gasteiger partial charge in [-0.05, 0) is 51.7 Å². The summed E-state index contributed by atoms with van der Waals surface area (Å²) in [5.74, 6) is 0.847. The molecule has 1 heterocycles. The molecule has 1 aliphatic rings. The van der Waals surface area contributed by atoms with Crippen LogP contribution in [-0.4, -0.2) is 38.6 Å². The van der Waals surface area contributed by atoms with Crippen LogP contribution in [0.2, 0.25) is 0 Å². The summed E-state index contributed by atoms with van der Waals surface area (Å²) >= 11 is 0. The molecular weight excluding hydrogens is 267 g/mol. The maximum atomic E-state index is 6.11. The zero-order valence-corrected chi connectivity index (χ0v) is 13.9. The molecule has 5 heteroatoms. The molecule has 21 heavy (non-hydrogen) atoms. The molecule has 1 aliphatic heterocycles. The third-order valence-electron chi connectivity index (χ3n) is 4.38. The minimum Gasteiger partial charge on any atom is -0.491 e. The number of hydrogen-bond acceptors (Lipinski definition) is 4. The molecule has 1 saturated heterocycles. The SMILES string of the molecule is COCCOc1cccc(B2OC(C)(C)C(C)(C)O2)c1C. The minimum absolute atomic E-state index is 0.336. The minimum atomic E-state index is -0.360. The van der Waals surface area contributed by atoms with E-state index in [0.29, 0.717) is 13.2 Å². The highest BCUT2D eigenvalue weighted by Crippen LogP contribution is 2.37. The van der Waals surface area contributed by atoms with E-state index in [2.05, 4.69) is 27.7 Å². The van der Waals surface area contributed by atoms with E-state index in [1.807, 2.05) is 25.1 Å². The van der Waals surface area contributed by atoms with Crippen molar-refractivity contribution in [1.29, 1.82) is 0 Å². The molecule has 1 aromatic carbocycles. The average Bonchev–Trinajstić information content (AvgIpc) is 2.60. The van der Waals surface area contributed by atoms with Gasteiger partial charge in [-0.1, -0.05) is 12.1 Å². The third kappa shape index (κ3) is 3.25. The first-order chi connectivity index (χ1) is 9.78. The Balaban J connectivity index is 2.20. The van der Waals surface area contributed by atoms with E-state index in [1.54, 1.807) is 7.11 Å². The molecule has 2 rings (SSSR count). The second kappa shape index (κ2) is 5.99.